The fraction of sp³-hybridized carbons (Fsp3) is 0.778. The lowest BCUT2D eigenvalue weighted by molar-refractivity contribution is -0.137. The molecule has 0 bridgehead atoms. The predicted octanol–water partition coefficient (Wildman–Crippen LogP) is 0.887. The van der Waals surface area contributed by atoms with Gasteiger partial charge in [-0.15, -0.1) is 0 Å². The number of hydrogen-bond acceptors (Lipinski definition) is 3. The zero-order valence-corrected chi connectivity index (χ0v) is 8.47. The van der Waals surface area contributed by atoms with E-state index in [1.54, 1.807) is 4.90 Å². The molecule has 3 nitrogen and oxygen atoms in total. The van der Waals surface area contributed by atoms with E-state index in [9.17, 15) is 9.59 Å². The molecule has 2 saturated heterocycles. The highest BCUT2D eigenvalue weighted by Gasteiger charge is 2.38. The third kappa shape index (κ3) is 1.47. The third-order valence-corrected chi connectivity index (χ3v) is 3.93. The SMILES string of the molecule is CC1CSC(=O)[C@@H]2CCCN2C1=O. The Hall–Kier alpha value is -0.510. The van der Waals surface area contributed by atoms with Crippen molar-refractivity contribution in [1.82, 2.24) is 4.90 Å². The van der Waals surface area contributed by atoms with E-state index in [1.165, 1.54) is 11.8 Å². The first-order chi connectivity index (χ1) is 6.20. The number of amides is 1. The van der Waals surface area contributed by atoms with E-state index in [2.05, 4.69) is 0 Å². The fourth-order valence-corrected chi connectivity index (χ4v) is 2.93. The van der Waals surface area contributed by atoms with Gasteiger partial charge in [-0.1, -0.05) is 18.7 Å². The molecule has 2 fully saturated rings. The molecule has 0 aromatic carbocycles. The van der Waals surface area contributed by atoms with E-state index in [1.807, 2.05) is 6.92 Å². The molecule has 4 heteroatoms. The molecule has 2 atom stereocenters. The maximum absolute atomic E-state index is 11.7. The quantitative estimate of drug-likeness (QED) is 0.581. The normalized spacial score (nSPS) is 34.7. The molecule has 0 aromatic rings. The van der Waals surface area contributed by atoms with E-state index in [4.69, 9.17) is 0 Å². The van der Waals surface area contributed by atoms with Crippen LogP contribution in [0, 0.1) is 5.92 Å². The van der Waals surface area contributed by atoms with Crippen LogP contribution in [-0.2, 0) is 9.59 Å². The van der Waals surface area contributed by atoms with Crippen molar-refractivity contribution in [3.05, 3.63) is 0 Å². The lowest BCUT2D eigenvalue weighted by Gasteiger charge is -2.21. The molecule has 2 aliphatic rings. The molecule has 0 spiro atoms. The summed E-state index contributed by atoms with van der Waals surface area (Å²) in [6.45, 7) is 2.68. The second-order valence-electron chi connectivity index (χ2n) is 3.72. The van der Waals surface area contributed by atoms with Crippen LogP contribution >= 0.6 is 11.8 Å². The zero-order valence-electron chi connectivity index (χ0n) is 7.66. The Bertz CT molecular complexity index is 254. The van der Waals surface area contributed by atoms with E-state index >= 15 is 0 Å². The number of rotatable bonds is 0. The molecule has 0 aromatic heterocycles. The van der Waals surface area contributed by atoms with Crippen LogP contribution in [0.1, 0.15) is 19.8 Å². The maximum Gasteiger partial charge on any atom is 0.226 e. The van der Waals surface area contributed by atoms with Crippen molar-refractivity contribution in [2.45, 2.75) is 25.8 Å². The molecule has 13 heavy (non-hydrogen) atoms. The van der Waals surface area contributed by atoms with Crippen LogP contribution in [-0.4, -0.2) is 34.3 Å². The standard InChI is InChI=1S/C9H13NO2S/c1-6-5-13-9(12)7-3-2-4-10(7)8(6)11/h6-7H,2-5H2,1H3/t6?,7-/m0/s1. The highest BCUT2D eigenvalue weighted by atomic mass is 32.2. The van der Waals surface area contributed by atoms with Gasteiger partial charge in [-0.3, -0.25) is 9.59 Å². The number of carbonyl (C=O) groups is 2. The third-order valence-electron chi connectivity index (χ3n) is 2.71. The van der Waals surface area contributed by atoms with E-state index < -0.39 is 0 Å². The van der Waals surface area contributed by atoms with Crippen LogP contribution in [0.4, 0.5) is 0 Å². The predicted molar refractivity (Wildman–Crippen MR) is 51.4 cm³/mol. The van der Waals surface area contributed by atoms with Crippen LogP contribution in [0.15, 0.2) is 0 Å². The monoisotopic (exact) mass is 199 g/mol. The number of nitrogens with zero attached hydrogens (tertiary/aromatic N) is 1. The van der Waals surface area contributed by atoms with Gasteiger partial charge < -0.3 is 4.90 Å². The lowest BCUT2D eigenvalue weighted by atomic mass is 10.1. The maximum atomic E-state index is 11.7. The Morgan fingerprint density at radius 2 is 2.23 bits per heavy atom. The van der Waals surface area contributed by atoms with E-state index in [-0.39, 0.29) is 23.0 Å². The molecule has 2 heterocycles. The summed E-state index contributed by atoms with van der Waals surface area (Å²) >= 11 is 1.33. The first kappa shape index (κ1) is 9.06. The van der Waals surface area contributed by atoms with Gasteiger partial charge in [0.1, 0.15) is 6.04 Å². The Morgan fingerprint density at radius 3 is 3.00 bits per heavy atom. The van der Waals surface area contributed by atoms with Crippen LogP contribution in [0.5, 0.6) is 0 Å². The lowest BCUT2D eigenvalue weighted by Crippen LogP contribution is -2.39. The van der Waals surface area contributed by atoms with Gasteiger partial charge in [0, 0.05) is 18.2 Å². The zero-order chi connectivity index (χ0) is 9.42. The summed E-state index contributed by atoms with van der Waals surface area (Å²) in [5, 5.41) is 0.190. The first-order valence-electron chi connectivity index (χ1n) is 4.67. The van der Waals surface area contributed by atoms with Crippen molar-refractivity contribution in [1.29, 1.82) is 0 Å². The smallest absolute Gasteiger partial charge is 0.226 e. The molecular weight excluding hydrogens is 186 g/mol. The van der Waals surface area contributed by atoms with Crippen LogP contribution < -0.4 is 0 Å². The summed E-state index contributed by atoms with van der Waals surface area (Å²) in [7, 11) is 0. The molecule has 2 rings (SSSR count). The Labute approximate surface area is 81.9 Å². The molecule has 0 aliphatic carbocycles. The van der Waals surface area contributed by atoms with Gasteiger partial charge >= 0.3 is 0 Å². The van der Waals surface area contributed by atoms with Gasteiger partial charge in [0.15, 0.2) is 0 Å². The second kappa shape index (κ2) is 3.33. The highest BCUT2D eigenvalue weighted by Crippen LogP contribution is 2.29. The molecule has 72 valence electrons. The minimum absolute atomic E-state index is 0.0112. The molecule has 2 aliphatic heterocycles. The molecule has 0 radical (unpaired) electrons. The summed E-state index contributed by atoms with van der Waals surface area (Å²) in [5.41, 5.74) is 0. The topological polar surface area (TPSA) is 37.4 Å². The summed E-state index contributed by atoms with van der Waals surface area (Å²) in [6.07, 6.45) is 1.85. The molecule has 1 unspecified atom stereocenters. The van der Waals surface area contributed by atoms with Gasteiger partial charge in [-0.25, -0.2) is 0 Å². The molecule has 0 saturated carbocycles. The largest absolute Gasteiger partial charge is 0.331 e. The summed E-state index contributed by atoms with van der Waals surface area (Å²) in [6, 6.07) is -0.109. The number of hydrogen-bond donors (Lipinski definition) is 0. The fourth-order valence-electron chi connectivity index (χ4n) is 1.93. The molecule has 1 amide bonds. The van der Waals surface area contributed by atoms with E-state index in [0.29, 0.717) is 5.75 Å². The first-order valence-corrected chi connectivity index (χ1v) is 5.66. The van der Waals surface area contributed by atoms with E-state index in [0.717, 1.165) is 19.4 Å². The minimum Gasteiger partial charge on any atom is -0.331 e. The van der Waals surface area contributed by atoms with Crippen molar-refractivity contribution in [3.63, 3.8) is 0 Å². The van der Waals surface area contributed by atoms with Crippen LogP contribution in [0.3, 0.4) is 0 Å². The number of carbonyl (C=O) groups excluding carboxylic acids is 2. The Kier molecular flexibility index (Phi) is 2.32. The average Bonchev–Trinajstić information content (AvgIpc) is 2.57. The second-order valence-corrected chi connectivity index (χ2v) is 4.75. The summed E-state index contributed by atoms with van der Waals surface area (Å²) in [4.78, 5) is 25.1. The molecular formula is C9H13NO2S. The Morgan fingerprint density at radius 1 is 1.46 bits per heavy atom. The van der Waals surface area contributed by atoms with Crippen molar-refractivity contribution >= 4 is 22.8 Å². The van der Waals surface area contributed by atoms with Gasteiger partial charge in [0.25, 0.3) is 0 Å². The molecule has 0 N–H and O–H groups in total. The van der Waals surface area contributed by atoms with Gasteiger partial charge in [-0.2, -0.15) is 0 Å². The van der Waals surface area contributed by atoms with Gasteiger partial charge in [0.05, 0.1) is 0 Å². The minimum atomic E-state index is -0.109. The van der Waals surface area contributed by atoms with Crippen molar-refractivity contribution < 1.29 is 9.59 Å². The summed E-state index contributed by atoms with van der Waals surface area (Å²) < 4.78 is 0. The highest BCUT2D eigenvalue weighted by molar-refractivity contribution is 8.13. The van der Waals surface area contributed by atoms with Crippen molar-refractivity contribution in [2.24, 2.45) is 5.92 Å². The van der Waals surface area contributed by atoms with Gasteiger partial charge in [0.2, 0.25) is 11.0 Å². The average molecular weight is 199 g/mol. The van der Waals surface area contributed by atoms with Crippen LogP contribution in [0.2, 0.25) is 0 Å². The van der Waals surface area contributed by atoms with Crippen molar-refractivity contribution in [3.8, 4) is 0 Å². The van der Waals surface area contributed by atoms with Gasteiger partial charge in [-0.05, 0) is 12.8 Å². The Balaban J connectivity index is 2.24. The summed E-state index contributed by atoms with van der Waals surface area (Å²) in [5.74, 6) is 0.836. The van der Waals surface area contributed by atoms with Crippen LogP contribution in [0.25, 0.3) is 0 Å². The number of fused-ring (bicyclic) bond motifs is 1. The number of thioether (sulfide) groups is 1. The van der Waals surface area contributed by atoms with Crippen molar-refractivity contribution in [2.75, 3.05) is 12.3 Å².